The monoisotopic (exact) mass is 491 g/mol. The first-order valence-electron chi connectivity index (χ1n) is 10.7. The van der Waals surface area contributed by atoms with Crippen molar-refractivity contribution < 1.29 is 42.4 Å². The second-order valence-electron chi connectivity index (χ2n) is 7.64. The quantitative estimate of drug-likeness (QED) is 0.457. The summed E-state index contributed by atoms with van der Waals surface area (Å²) in [6.07, 6.45) is -4.80. The van der Waals surface area contributed by atoms with Gasteiger partial charge in [-0.05, 0) is 17.7 Å². The second kappa shape index (κ2) is 10.7. The number of amides is 2. The molecule has 2 atom stereocenters. The van der Waals surface area contributed by atoms with Gasteiger partial charge < -0.3 is 24.8 Å². The molecule has 2 heterocycles. The van der Waals surface area contributed by atoms with Gasteiger partial charge in [0.15, 0.2) is 30.4 Å². The molecule has 2 amide bonds. The molecular weight excluding hydrogens is 468 g/mol. The van der Waals surface area contributed by atoms with Crippen molar-refractivity contribution in [2.45, 2.75) is 25.0 Å². The van der Waals surface area contributed by atoms with E-state index in [-0.39, 0.29) is 43.4 Å². The zero-order valence-electron chi connectivity index (χ0n) is 18.4. The summed E-state index contributed by atoms with van der Waals surface area (Å²) in [5.74, 6) is -1.03. The van der Waals surface area contributed by atoms with Crippen molar-refractivity contribution in [3.8, 4) is 17.2 Å². The van der Waals surface area contributed by atoms with Crippen molar-refractivity contribution >= 4 is 11.8 Å². The summed E-state index contributed by atoms with van der Waals surface area (Å²) in [5.41, 5.74) is 1.25. The number of benzene rings is 2. The van der Waals surface area contributed by atoms with E-state index >= 15 is 0 Å². The maximum atomic E-state index is 13.1. The molecule has 0 saturated carbocycles. The maximum Gasteiger partial charge on any atom is 0.586 e. The van der Waals surface area contributed by atoms with Crippen LogP contribution in [0.5, 0.6) is 17.2 Å². The van der Waals surface area contributed by atoms with Gasteiger partial charge in [-0.2, -0.15) is 0 Å². The minimum atomic E-state index is -3.73. The van der Waals surface area contributed by atoms with Crippen LogP contribution in [0.2, 0.25) is 0 Å². The van der Waals surface area contributed by atoms with Gasteiger partial charge in [-0.1, -0.05) is 36.9 Å². The molecule has 12 heteroatoms. The van der Waals surface area contributed by atoms with Crippen LogP contribution in [0.4, 0.5) is 8.78 Å². The first kappa shape index (κ1) is 24.4. The summed E-state index contributed by atoms with van der Waals surface area (Å²) in [6, 6.07) is 13.2. The molecule has 0 radical (unpaired) electrons. The minimum Gasteiger partial charge on any atom is -0.484 e. The number of alkyl halides is 2. The van der Waals surface area contributed by atoms with Crippen LogP contribution in [0.25, 0.3) is 0 Å². The van der Waals surface area contributed by atoms with Crippen LogP contribution in [0.1, 0.15) is 18.2 Å². The Morgan fingerprint density at radius 2 is 1.89 bits per heavy atom. The van der Waals surface area contributed by atoms with E-state index in [2.05, 4.69) is 32.0 Å². The van der Waals surface area contributed by atoms with E-state index < -0.39 is 30.4 Å². The highest BCUT2D eigenvalue weighted by atomic mass is 19.3. The molecule has 2 unspecified atom stereocenters. The lowest BCUT2D eigenvalue weighted by Crippen LogP contribution is -2.48. The van der Waals surface area contributed by atoms with Crippen molar-refractivity contribution in [3.05, 3.63) is 66.4 Å². The Bertz CT molecular complexity index is 1080. The van der Waals surface area contributed by atoms with E-state index in [0.717, 1.165) is 5.56 Å². The third-order valence-corrected chi connectivity index (χ3v) is 4.94. The van der Waals surface area contributed by atoms with E-state index in [1.807, 2.05) is 30.3 Å². The zero-order chi connectivity index (χ0) is 24.8. The van der Waals surface area contributed by atoms with Crippen molar-refractivity contribution in [2.24, 2.45) is 0 Å². The molecule has 2 aromatic rings. The van der Waals surface area contributed by atoms with Gasteiger partial charge in [-0.25, -0.2) is 9.78 Å². The third kappa shape index (κ3) is 6.66. The van der Waals surface area contributed by atoms with E-state index in [4.69, 9.17) is 14.5 Å². The molecular formula is C23H23F2N3O7. The predicted molar refractivity (Wildman–Crippen MR) is 116 cm³/mol. The molecule has 2 aliphatic rings. The molecule has 0 bridgehead atoms. The SMILES string of the molecule is C=C(CCNC(=O)COc1ccc2c(c1)OC(F)(F)O2)NC(=O)C1CNC(c2ccccc2)OO1. The first-order valence-corrected chi connectivity index (χ1v) is 10.7. The number of hydrogen-bond donors (Lipinski definition) is 3. The van der Waals surface area contributed by atoms with Gasteiger partial charge in [0.1, 0.15) is 5.75 Å². The molecule has 4 rings (SSSR count). The summed E-state index contributed by atoms with van der Waals surface area (Å²) >= 11 is 0. The lowest BCUT2D eigenvalue weighted by Gasteiger charge is -2.28. The molecule has 10 nitrogen and oxygen atoms in total. The van der Waals surface area contributed by atoms with Crippen LogP contribution < -0.4 is 30.2 Å². The lowest BCUT2D eigenvalue weighted by molar-refractivity contribution is -0.371. The highest BCUT2D eigenvalue weighted by Crippen LogP contribution is 2.42. The topological polar surface area (TPSA) is 116 Å². The number of halogens is 2. The molecule has 1 fully saturated rings. The van der Waals surface area contributed by atoms with Crippen molar-refractivity contribution in [2.75, 3.05) is 19.7 Å². The van der Waals surface area contributed by atoms with E-state index in [0.29, 0.717) is 5.70 Å². The Kier molecular flexibility index (Phi) is 7.44. The molecule has 0 spiro atoms. The zero-order valence-corrected chi connectivity index (χ0v) is 18.4. The Morgan fingerprint density at radius 3 is 2.63 bits per heavy atom. The summed E-state index contributed by atoms with van der Waals surface area (Å²) in [4.78, 5) is 34.8. The smallest absolute Gasteiger partial charge is 0.484 e. The summed E-state index contributed by atoms with van der Waals surface area (Å²) in [6.45, 7) is 3.84. The van der Waals surface area contributed by atoms with Crippen molar-refractivity contribution in [1.29, 1.82) is 0 Å². The van der Waals surface area contributed by atoms with Gasteiger partial charge in [0, 0.05) is 31.3 Å². The summed E-state index contributed by atoms with van der Waals surface area (Å²) in [7, 11) is 0. The number of ether oxygens (including phenoxy) is 3. The van der Waals surface area contributed by atoms with Gasteiger partial charge in [0.2, 0.25) is 0 Å². The average Bonchev–Trinajstić information content (AvgIpc) is 3.16. The normalized spacial score (nSPS) is 20.1. The Balaban J connectivity index is 1.11. The van der Waals surface area contributed by atoms with Crippen LogP contribution in [0, 0.1) is 0 Å². The van der Waals surface area contributed by atoms with Gasteiger partial charge in [-0.3, -0.25) is 14.9 Å². The predicted octanol–water partition coefficient (Wildman–Crippen LogP) is 2.14. The number of fused-ring (bicyclic) bond motifs is 1. The molecule has 186 valence electrons. The fraction of sp³-hybridized carbons (Fsp3) is 0.304. The Labute approximate surface area is 199 Å². The van der Waals surface area contributed by atoms with Crippen LogP contribution >= 0.6 is 0 Å². The minimum absolute atomic E-state index is 0.121. The summed E-state index contributed by atoms with van der Waals surface area (Å²) in [5, 5.41) is 8.31. The number of rotatable bonds is 9. The van der Waals surface area contributed by atoms with Crippen LogP contribution in [0.15, 0.2) is 60.8 Å². The van der Waals surface area contributed by atoms with Crippen LogP contribution in [-0.4, -0.2) is 43.9 Å². The largest absolute Gasteiger partial charge is 0.586 e. The van der Waals surface area contributed by atoms with Crippen LogP contribution in [-0.2, 0) is 19.4 Å². The highest BCUT2D eigenvalue weighted by Gasteiger charge is 2.43. The fourth-order valence-corrected chi connectivity index (χ4v) is 3.23. The van der Waals surface area contributed by atoms with Gasteiger partial charge in [0.05, 0.1) is 0 Å². The third-order valence-electron chi connectivity index (χ3n) is 4.94. The standard InChI is InChI=1S/C23H23F2N3O7/c1-14(28-21(30)19-12-27-22(35-34-19)15-5-3-2-4-6-15)9-10-26-20(29)13-31-16-7-8-17-18(11-16)33-23(24,25)32-17/h2-8,11,19,22,27H,1,9-10,12-13H2,(H,26,29)(H,28,30). The van der Waals surface area contributed by atoms with Crippen molar-refractivity contribution in [1.82, 2.24) is 16.0 Å². The fourth-order valence-electron chi connectivity index (χ4n) is 3.23. The van der Waals surface area contributed by atoms with Crippen molar-refractivity contribution in [3.63, 3.8) is 0 Å². The van der Waals surface area contributed by atoms with Gasteiger partial charge in [0.25, 0.3) is 11.8 Å². The summed E-state index contributed by atoms with van der Waals surface area (Å²) < 4.78 is 40.0. The highest BCUT2D eigenvalue weighted by molar-refractivity contribution is 5.82. The van der Waals surface area contributed by atoms with Gasteiger partial charge in [-0.15, -0.1) is 8.78 Å². The molecule has 2 aliphatic heterocycles. The lowest BCUT2D eigenvalue weighted by atomic mass is 10.2. The number of nitrogens with one attached hydrogen (secondary N) is 3. The molecule has 0 aromatic heterocycles. The number of carbonyl (C=O) groups is 2. The second-order valence-corrected chi connectivity index (χ2v) is 7.64. The number of hydrogen-bond acceptors (Lipinski definition) is 8. The molecule has 35 heavy (non-hydrogen) atoms. The van der Waals surface area contributed by atoms with Crippen LogP contribution in [0.3, 0.4) is 0 Å². The molecule has 1 saturated heterocycles. The first-order chi connectivity index (χ1) is 16.8. The van der Waals surface area contributed by atoms with E-state index in [9.17, 15) is 18.4 Å². The van der Waals surface area contributed by atoms with Gasteiger partial charge >= 0.3 is 6.29 Å². The molecule has 2 aromatic carbocycles. The van der Waals surface area contributed by atoms with E-state index in [1.165, 1.54) is 18.2 Å². The maximum absolute atomic E-state index is 13.1. The number of carbonyl (C=O) groups excluding carboxylic acids is 2. The molecule has 3 N–H and O–H groups in total. The Hall–Kier alpha value is -3.74. The van der Waals surface area contributed by atoms with E-state index in [1.54, 1.807) is 0 Å². The Morgan fingerprint density at radius 1 is 1.11 bits per heavy atom. The average molecular weight is 491 g/mol. The molecule has 0 aliphatic carbocycles.